The Morgan fingerprint density at radius 1 is 1.48 bits per heavy atom. The van der Waals surface area contributed by atoms with Gasteiger partial charge in [0.25, 0.3) is 5.56 Å². The van der Waals surface area contributed by atoms with Gasteiger partial charge in [-0.2, -0.15) is 4.98 Å². The van der Waals surface area contributed by atoms with Crippen LogP contribution < -0.4 is 11.3 Å². The van der Waals surface area contributed by atoms with E-state index in [-0.39, 0.29) is 17.1 Å². The molecule has 0 radical (unpaired) electrons. The summed E-state index contributed by atoms with van der Waals surface area (Å²) < 4.78 is 22.0. The lowest BCUT2D eigenvalue weighted by molar-refractivity contribution is -0.155. The lowest BCUT2D eigenvalue weighted by atomic mass is 10.1. The van der Waals surface area contributed by atoms with Crippen LogP contribution >= 0.6 is 21.8 Å². The van der Waals surface area contributed by atoms with E-state index in [0.29, 0.717) is 0 Å². The predicted molar refractivity (Wildman–Crippen MR) is 84.3 cm³/mol. The zero-order chi connectivity index (χ0) is 18.5. The molecule has 1 aliphatic rings. The van der Waals surface area contributed by atoms with Gasteiger partial charge in [0.05, 0.1) is 6.33 Å². The highest BCUT2D eigenvalue weighted by molar-refractivity contribution is 9.39. The second-order valence-corrected chi connectivity index (χ2v) is 9.00. The van der Waals surface area contributed by atoms with E-state index in [4.69, 9.17) is 15.4 Å². The second kappa shape index (κ2) is 6.41. The van der Waals surface area contributed by atoms with Crippen molar-refractivity contribution in [1.29, 1.82) is 0 Å². The third-order valence-corrected chi connectivity index (χ3v) is 4.50. The molecular formula is C10H13BrN5O8P. The third-order valence-electron chi connectivity index (χ3n) is 3.52. The topological polar surface area (TPSA) is 206 Å². The quantitative estimate of drug-likeness (QED) is 0.229. The minimum absolute atomic E-state index is 0.0260. The maximum atomic E-state index is 11.8. The summed E-state index contributed by atoms with van der Waals surface area (Å²) in [7, 11) is 0. The molecule has 6 atom stereocenters. The first-order chi connectivity index (χ1) is 11.6. The fourth-order valence-electron chi connectivity index (χ4n) is 2.47. The number of aliphatic hydroxyl groups is 3. The Kier molecular flexibility index (Phi) is 4.72. The molecule has 0 spiro atoms. The monoisotopic (exact) mass is 441 g/mol. The molecule has 2 aromatic heterocycles. The summed E-state index contributed by atoms with van der Waals surface area (Å²) in [5, 5.41) is 30.0. The highest BCUT2D eigenvalue weighted by Crippen LogP contribution is 2.52. The Labute approximate surface area is 146 Å². The summed E-state index contributed by atoms with van der Waals surface area (Å²) in [6, 6.07) is 0. The second-order valence-electron chi connectivity index (χ2n) is 5.20. The van der Waals surface area contributed by atoms with Gasteiger partial charge in [-0.15, -0.1) is 0 Å². The summed E-state index contributed by atoms with van der Waals surface area (Å²) in [5.74, 6) is -0.201. The first-order valence-corrected chi connectivity index (χ1v) is 10.3. The minimum atomic E-state index is -4.26. The van der Waals surface area contributed by atoms with E-state index < -0.39 is 42.7 Å². The van der Waals surface area contributed by atoms with Crippen LogP contribution in [0.15, 0.2) is 11.1 Å². The van der Waals surface area contributed by atoms with Gasteiger partial charge in [0, 0.05) is 15.5 Å². The van der Waals surface area contributed by atoms with Crippen molar-refractivity contribution >= 4 is 38.9 Å². The van der Waals surface area contributed by atoms with Crippen molar-refractivity contribution in [1.82, 2.24) is 19.5 Å². The van der Waals surface area contributed by atoms with Crippen LogP contribution in [0.3, 0.4) is 0 Å². The summed E-state index contributed by atoms with van der Waals surface area (Å²) in [6.45, 7) is 0. The van der Waals surface area contributed by atoms with E-state index in [9.17, 15) is 24.7 Å². The van der Waals surface area contributed by atoms with E-state index in [1.165, 1.54) is 0 Å². The molecule has 0 saturated carbocycles. The molecule has 1 aliphatic heterocycles. The molecule has 0 aromatic carbocycles. The van der Waals surface area contributed by atoms with E-state index in [1.54, 1.807) is 0 Å². The molecule has 3 rings (SSSR count). The number of imidazole rings is 1. The van der Waals surface area contributed by atoms with Crippen LogP contribution in [0, 0.1) is 0 Å². The van der Waals surface area contributed by atoms with Gasteiger partial charge < -0.3 is 30.7 Å². The molecule has 0 amide bonds. The first kappa shape index (κ1) is 18.4. The molecular weight excluding hydrogens is 429 g/mol. The molecule has 1 fully saturated rings. The van der Waals surface area contributed by atoms with Crippen LogP contribution in [0.4, 0.5) is 5.95 Å². The summed E-state index contributed by atoms with van der Waals surface area (Å²) in [4.78, 5) is 30.8. The molecule has 13 nitrogen and oxygen atoms in total. The lowest BCUT2D eigenvalue weighted by Crippen LogP contribution is -2.39. The van der Waals surface area contributed by atoms with Crippen LogP contribution in [-0.2, 0) is 13.8 Å². The number of aromatic amines is 1. The number of H-pyrrole nitrogens is 1. The largest absolute Gasteiger partial charge is 0.396 e. The van der Waals surface area contributed by atoms with Crippen LogP contribution in [0.1, 0.15) is 6.23 Å². The number of nitrogen functional groups attached to an aromatic ring is 1. The number of hydrogen-bond donors (Lipinski definition) is 6. The third kappa shape index (κ3) is 3.47. The average Bonchev–Trinajstić information content (AvgIpc) is 3.00. The van der Waals surface area contributed by atoms with E-state index >= 15 is 0 Å². The van der Waals surface area contributed by atoms with Crippen LogP contribution in [0.2, 0.25) is 0 Å². The normalized spacial score (nSPS) is 30.4. The summed E-state index contributed by atoms with van der Waals surface area (Å²) in [6.07, 6.45) is -11.3. The number of nitrogens with one attached hydrogen (secondary N) is 1. The Balaban J connectivity index is 1.94. The Morgan fingerprint density at radius 2 is 2.16 bits per heavy atom. The molecule has 2 unspecified atom stereocenters. The van der Waals surface area contributed by atoms with Crippen LogP contribution in [0.25, 0.3) is 11.2 Å². The Bertz CT molecular complexity index is 897. The molecule has 1 saturated heterocycles. The van der Waals surface area contributed by atoms with E-state index in [1.807, 2.05) is 0 Å². The SMILES string of the molecule is Nc1nc2c(ncn2[C@@H]2O[C@H](C(O)OP(=O)(O)Br)[C@@H](O)[C@H]2O)c(=O)[nH]1. The van der Waals surface area contributed by atoms with Gasteiger partial charge >= 0.3 is 6.30 Å². The van der Waals surface area contributed by atoms with Crippen molar-refractivity contribution in [2.75, 3.05) is 5.73 Å². The molecule has 2 aromatic rings. The van der Waals surface area contributed by atoms with Gasteiger partial charge in [-0.05, 0) is 0 Å². The molecule has 138 valence electrons. The standard InChI is InChI=1S/C10H13BrN5O8P/c11-25(21,22)24-9(20)5-3(17)4(18)8(23-5)16-1-13-2-6(16)14-10(12)15-7(2)19/h1,3-5,8-9,17-18,20H,(H,21,22)(H3,12,14,15,19)/t3-,4+,5-,8+,9?/m0/s1. The van der Waals surface area contributed by atoms with Crippen molar-refractivity contribution in [3.63, 3.8) is 0 Å². The number of aromatic nitrogens is 4. The lowest BCUT2D eigenvalue weighted by Gasteiger charge is -2.21. The van der Waals surface area contributed by atoms with Gasteiger partial charge in [0.1, 0.15) is 18.3 Å². The van der Waals surface area contributed by atoms with Crippen molar-refractivity contribution in [3.05, 3.63) is 16.7 Å². The van der Waals surface area contributed by atoms with Gasteiger partial charge in [-0.3, -0.25) is 18.9 Å². The number of aliphatic hydroxyl groups excluding tert-OH is 3. The van der Waals surface area contributed by atoms with E-state index in [2.05, 4.69) is 35.0 Å². The number of anilines is 1. The van der Waals surface area contributed by atoms with Gasteiger partial charge in [0.15, 0.2) is 23.7 Å². The number of rotatable bonds is 4. The molecule has 3 heterocycles. The fraction of sp³-hybridized carbons (Fsp3) is 0.500. The van der Waals surface area contributed by atoms with Crippen molar-refractivity contribution in [3.8, 4) is 0 Å². The highest BCUT2D eigenvalue weighted by atomic mass is 79.9. The molecule has 25 heavy (non-hydrogen) atoms. The van der Waals surface area contributed by atoms with E-state index in [0.717, 1.165) is 10.9 Å². The minimum Gasteiger partial charge on any atom is -0.387 e. The number of fused-ring (bicyclic) bond motifs is 1. The first-order valence-electron chi connectivity index (χ1n) is 6.71. The number of halogens is 1. The number of hydrogen-bond acceptors (Lipinski definition) is 10. The zero-order valence-corrected chi connectivity index (χ0v) is 14.6. The van der Waals surface area contributed by atoms with Crippen LogP contribution in [0.5, 0.6) is 0 Å². The Morgan fingerprint density at radius 3 is 2.80 bits per heavy atom. The fourth-order valence-corrected chi connectivity index (χ4v) is 3.37. The zero-order valence-electron chi connectivity index (χ0n) is 12.1. The number of ether oxygens (including phenoxy) is 1. The van der Waals surface area contributed by atoms with Crippen molar-refractivity contribution in [2.45, 2.75) is 30.8 Å². The summed E-state index contributed by atoms with van der Waals surface area (Å²) >= 11 is 2.32. The van der Waals surface area contributed by atoms with Gasteiger partial charge in [-0.25, -0.2) is 9.55 Å². The molecule has 0 aliphatic carbocycles. The highest BCUT2D eigenvalue weighted by Gasteiger charge is 2.49. The van der Waals surface area contributed by atoms with Crippen molar-refractivity contribution < 1.29 is 34.0 Å². The maximum absolute atomic E-state index is 11.8. The number of nitrogens with two attached hydrogens (primary N) is 1. The predicted octanol–water partition coefficient (Wildman–Crippen LogP) is -1.85. The van der Waals surface area contributed by atoms with Gasteiger partial charge in [-0.1, -0.05) is 0 Å². The molecule has 0 bridgehead atoms. The molecule has 7 N–H and O–H groups in total. The maximum Gasteiger partial charge on any atom is 0.396 e. The van der Waals surface area contributed by atoms with Gasteiger partial charge in [0.2, 0.25) is 5.95 Å². The van der Waals surface area contributed by atoms with Crippen LogP contribution in [-0.4, -0.2) is 64.3 Å². The smallest absolute Gasteiger partial charge is 0.387 e. The van der Waals surface area contributed by atoms with Crippen molar-refractivity contribution in [2.24, 2.45) is 0 Å². The Hall–Kier alpha value is -1.38. The summed E-state index contributed by atoms with van der Waals surface area (Å²) in [5.41, 5.74) is 4.75. The average molecular weight is 442 g/mol. The number of nitrogens with zero attached hydrogens (tertiary/aromatic N) is 3. The molecule has 15 heteroatoms.